The van der Waals surface area contributed by atoms with Crippen LogP contribution in [0.2, 0.25) is 0 Å². The van der Waals surface area contributed by atoms with Crippen molar-refractivity contribution in [2.24, 2.45) is 5.73 Å². The first kappa shape index (κ1) is 10.1. The maximum absolute atomic E-state index is 5.57. The van der Waals surface area contributed by atoms with E-state index >= 15 is 0 Å². The third-order valence-electron chi connectivity index (χ3n) is 2.49. The fourth-order valence-corrected chi connectivity index (χ4v) is 1.88. The van der Waals surface area contributed by atoms with E-state index in [2.05, 4.69) is 9.38 Å². The third kappa shape index (κ3) is 1.72. The molecule has 0 aliphatic carbocycles. The van der Waals surface area contributed by atoms with Crippen LogP contribution < -0.4 is 5.73 Å². The van der Waals surface area contributed by atoms with Gasteiger partial charge in [-0.25, -0.2) is 4.98 Å². The average Bonchev–Trinajstić information content (AvgIpc) is 2.45. The summed E-state index contributed by atoms with van der Waals surface area (Å²) >= 11 is 4.94. The molecule has 2 aromatic rings. The highest BCUT2D eigenvalue weighted by Gasteiger charge is 2.10. The van der Waals surface area contributed by atoms with E-state index in [0.717, 1.165) is 22.6 Å². The first-order valence-electron chi connectivity index (χ1n) is 4.81. The van der Waals surface area contributed by atoms with E-state index in [1.807, 2.05) is 32.2 Å². The van der Waals surface area contributed by atoms with Crippen LogP contribution in [0.4, 0.5) is 0 Å². The quantitative estimate of drug-likeness (QED) is 0.783. The molecule has 0 aromatic carbocycles. The number of imidazole rings is 1. The fraction of sp³-hybridized carbons (Fsp3) is 0.273. The molecule has 4 heteroatoms. The van der Waals surface area contributed by atoms with E-state index in [-0.39, 0.29) is 0 Å². The Morgan fingerprint density at radius 1 is 1.53 bits per heavy atom. The van der Waals surface area contributed by atoms with Crippen LogP contribution in [0.1, 0.15) is 17.0 Å². The Labute approximate surface area is 93.9 Å². The largest absolute Gasteiger partial charge is 0.393 e. The van der Waals surface area contributed by atoms with Gasteiger partial charge in [0.05, 0.1) is 16.4 Å². The molecule has 2 heterocycles. The van der Waals surface area contributed by atoms with Crippen LogP contribution in [0.3, 0.4) is 0 Å². The summed E-state index contributed by atoms with van der Waals surface area (Å²) in [6, 6.07) is 4.05. The molecule has 0 saturated carbocycles. The normalized spacial score (nSPS) is 10.8. The molecule has 0 saturated heterocycles. The molecule has 2 rings (SSSR count). The molecule has 0 bridgehead atoms. The van der Waals surface area contributed by atoms with Crippen molar-refractivity contribution in [3.63, 3.8) is 0 Å². The molecule has 0 fully saturated rings. The Bertz CT molecular complexity index is 528. The second kappa shape index (κ2) is 3.62. The predicted molar refractivity (Wildman–Crippen MR) is 65.2 cm³/mol. The number of pyridine rings is 1. The lowest BCUT2D eigenvalue weighted by molar-refractivity contribution is 1.05. The summed E-state index contributed by atoms with van der Waals surface area (Å²) in [5.74, 6) is 0. The number of hydrogen-bond donors (Lipinski definition) is 1. The van der Waals surface area contributed by atoms with Gasteiger partial charge in [-0.15, -0.1) is 0 Å². The summed E-state index contributed by atoms with van der Waals surface area (Å²) in [5.41, 5.74) is 9.80. The van der Waals surface area contributed by atoms with Gasteiger partial charge in [0.1, 0.15) is 5.65 Å². The van der Waals surface area contributed by atoms with Crippen LogP contribution in [-0.4, -0.2) is 14.4 Å². The molecule has 0 unspecified atom stereocenters. The average molecular weight is 219 g/mol. The minimum atomic E-state index is 0.501. The van der Waals surface area contributed by atoms with Gasteiger partial charge in [-0.3, -0.25) is 0 Å². The maximum atomic E-state index is 5.57. The van der Waals surface area contributed by atoms with Gasteiger partial charge in [0.15, 0.2) is 0 Å². The summed E-state index contributed by atoms with van der Waals surface area (Å²) < 4.78 is 2.06. The van der Waals surface area contributed by atoms with Crippen molar-refractivity contribution in [2.45, 2.75) is 20.3 Å². The second-order valence-corrected chi connectivity index (χ2v) is 4.20. The topological polar surface area (TPSA) is 43.3 Å². The van der Waals surface area contributed by atoms with Crippen LogP contribution in [-0.2, 0) is 6.42 Å². The Morgan fingerprint density at radius 3 is 2.93 bits per heavy atom. The van der Waals surface area contributed by atoms with Crippen LogP contribution in [0.15, 0.2) is 18.3 Å². The Balaban J connectivity index is 2.68. The fourth-order valence-electron chi connectivity index (χ4n) is 1.74. The summed E-state index contributed by atoms with van der Waals surface area (Å²) in [7, 11) is 0. The van der Waals surface area contributed by atoms with Crippen LogP contribution >= 0.6 is 12.2 Å². The minimum Gasteiger partial charge on any atom is -0.393 e. The SMILES string of the molecule is Cc1nc2c(C)cccn2c1CC(N)=S. The number of thiocarbonyl (C=S) groups is 1. The zero-order valence-electron chi connectivity index (χ0n) is 8.82. The standard InChI is InChI=1S/C11H13N3S/c1-7-4-3-5-14-9(6-10(12)15)8(2)13-11(7)14/h3-5H,6H2,1-2H3,(H2,12,15). The summed E-state index contributed by atoms with van der Waals surface area (Å²) in [5, 5.41) is 0. The molecule has 3 nitrogen and oxygen atoms in total. The summed E-state index contributed by atoms with van der Waals surface area (Å²) in [6.45, 7) is 4.03. The predicted octanol–water partition coefficient (Wildman–Crippen LogP) is 1.78. The molecule has 0 amide bonds. The number of aryl methyl sites for hydroxylation is 2. The number of nitrogens with two attached hydrogens (primary N) is 1. The highest BCUT2D eigenvalue weighted by molar-refractivity contribution is 7.80. The van der Waals surface area contributed by atoms with Crippen molar-refractivity contribution in [3.05, 3.63) is 35.3 Å². The molecule has 0 radical (unpaired) electrons. The second-order valence-electron chi connectivity index (χ2n) is 3.67. The van der Waals surface area contributed by atoms with Crippen molar-refractivity contribution in [2.75, 3.05) is 0 Å². The third-order valence-corrected chi connectivity index (χ3v) is 2.63. The van der Waals surface area contributed by atoms with Gasteiger partial charge in [0.25, 0.3) is 0 Å². The smallest absolute Gasteiger partial charge is 0.140 e. The van der Waals surface area contributed by atoms with E-state index in [9.17, 15) is 0 Å². The number of rotatable bonds is 2. The van der Waals surface area contributed by atoms with Gasteiger partial charge in [0.2, 0.25) is 0 Å². The van der Waals surface area contributed by atoms with E-state index in [1.54, 1.807) is 0 Å². The molecule has 2 N–H and O–H groups in total. The number of hydrogen-bond acceptors (Lipinski definition) is 2. The van der Waals surface area contributed by atoms with Crippen LogP contribution in [0, 0.1) is 13.8 Å². The van der Waals surface area contributed by atoms with Gasteiger partial charge in [0, 0.05) is 12.6 Å². The Morgan fingerprint density at radius 2 is 2.27 bits per heavy atom. The molecule has 78 valence electrons. The molecule has 15 heavy (non-hydrogen) atoms. The zero-order chi connectivity index (χ0) is 11.0. The monoisotopic (exact) mass is 219 g/mol. The van der Waals surface area contributed by atoms with Gasteiger partial charge in [-0.05, 0) is 25.5 Å². The molecule has 2 aromatic heterocycles. The highest BCUT2D eigenvalue weighted by Crippen LogP contribution is 2.15. The lowest BCUT2D eigenvalue weighted by Gasteiger charge is -2.02. The lowest BCUT2D eigenvalue weighted by atomic mass is 10.2. The number of aromatic nitrogens is 2. The van der Waals surface area contributed by atoms with E-state index in [0.29, 0.717) is 11.4 Å². The number of nitrogens with zero attached hydrogens (tertiary/aromatic N) is 2. The van der Waals surface area contributed by atoms with Crippen molar-refractivity contribution in [1.29, 1.82) is 0 Å². The minimum absolute atomic E-state index is 0.501. The summed E-state index contributed by atoms with van der Waals surface area (Å²) in [6.07, 6.45) is 2.60. The lowest BCUT2D eigenvalue weighted by Crippen LogP contribution is -2.13. The van der Waals surface area contributed by atoms with Gasteiger partial charge < -0.3 is 10.1 Å². The van der Waals surface area contributed by atoms with Gasteiger partial charge >= 0.3 is 0 Å². The molecule has 0 atom stereocenters. The molecule has 0 aliphatic rings. The molecule has 0 spiro atoms. The van der Waals surface area contributed by atoms with Crippen molar-refractivity contribution in [1.82, 2.24) is 9.38 Å². The Hall–Kier alpha value is -1.42. The summed E-state index contributed by atoms with van der Waals surface area (Å²) in [4.78, 5) is 5.01. The van der Waals surface area contributed by atoms with Crippen LogP contribution in [0.5, 0.6) is 0 Å². The maximum Gasteiger partial charge on any atom is 0.140 e. The zero-order valence-corrected chi connectivity index (χ0v) is 9.64. The first-order valence-corrected chi connectivity index (χ1v) is 5.22. The van der Waals surface area contributed by atoms with Gasteiger partial charge in [-0.1, -0.05) is 18.3 Å². The molecular weight excluding hydrogens is 206 g/mol. The highest BCUT2D eigenvalue weighted by atomic mass is 32.1. The molecule has 0 aliphatic heterocycles. The van der Waals surface area contributed by atoms with E-state index < -0.39 is 0 Å². The van der Waals surface area contributed by atoms with Crippen molar-refractivity contribution in [3.8, 4) is 0 Å². The number of fused-ring (bicyclic) bond motifs is 1. The van der Waals surface area contributed by atoms with E-state index in [1.165, 1.54) is 0 Å². The Kier molecular flexibility index (Phi) is 2.44. The van der Waals surface area contributed by atoms with Crippen LogP contribution in [0.25, 0.3) is 5.65 Å². The van der Waals surface area contributed by atoms with Crippen molar-refractivity contribution < 1.29 is 0 Å². The first-order chi connectivity index (χ1) is 7.09. The van der Waals surface area contributed by atoms with Crippen molar-refractivity contribution >= 4 is 22.9 Å². The molecular formula is C11H13N3S. The van der Waals surface area contributed by atoms with Gasteiger partial charge in [-0.2, -0.15) is 0 Å². The van der Waals surface area contributed by atoms with E-state index in [4.69, 9.17) is 18.0 Å².